The first-order chi connectivity index (χ1) is 11.6. The highest BCUT2D eigenvalue weighted by atomic mass is 32.2. The predicted octanol–water partition coefficient (Wildman–Crippen LogP) is 2.84. The molecule has 0 fully saturated rings. The Morgan fingerprint density at radius 3 is 2.88 bits per heavy atom. The summed E-state index contributed by atoms with van der Waals surface area (Å²) in [6.45, 7) is 0.350. The van der Waals surface area contributed by atoms with Crippen LogP contribution < -0.4 is 4.72 Å². The zero-order valence-corrected chi connectivity index (χ0v) is 14.0. The van der Waals surface area contributed by atoms with Crippen LogP contribution in [0.4, 0.5) is 0 Å². The summed E-state index contributed by atoms with van der Waals surface area (Å²) in [7, 11) is -3.47. The van der Waals surface area contributed by atoms with Crippen molar-refractivity contribution in [3.63, 3.8) is 0 Å². The number of nitrogens with zero attached hydrogens (tertiary/aromatic N) is 1. The minimum Gasteiger partial charge on any atom is -0.443 e. The third-order valence-corrected chi connectivity index (χ3v) is 5.94. The summed E-state index contributed by atoms with van der Waals surface area (Å²) in [5.41, 5.74) is 4.98. The minimum absolute atomic E-state index is 0.350. The van der Waals surface area contributed by atoms with Crippen LogP contribution in [0.15, 0.2) is 52.1 Å². The van der Waals surface area contributed by atoms with E-state index in [0.29, 0.717) is 17.9 Å². The molecule has 1 aliphatic carbocycles. The van der Waals surface area contributed by atoms with Gasteiger partial charge in [-0.1, -0.05) is 12.1 Å². The topological polar surface area (TPSA) is 72.2 Å². The second-order valence-corrected chi connectivity index (χ2v) is 7.85. The molecule has 2 aromatic carbocycles. The number of oxazole rings is 1. The molecule has 0 saturated carbocycles. The fourth-order valence-electron chi connectivity index (χ4n) is 3.19. The van der Waals surface area contributed by atoms with Crippen molar-refractivity contribution in [2.75, 3.05) is 6.54 Å². The molecule has 0 aliphatic heterocycles. The maximum absolute atomic E-state index is 12.5. The Bertz CT molecular complexity index is 992. The van der Waals surface area contributed by atoms with Crippen molar-refractivity contribution in [3.8, 4) is 0 Å². The van der Waals surface area contributed by atoms with Crippen molar-refractivity contribution >= 4 is 21.1 Å². The van der Waals surface area contributed by atoms with Crippen molar-refractivity contribution in [1.82, 2.24) is 9.71 Å². The second kappa shape index (κ2) is 6.03. The number of sulfonamides is 1. The van der Waals surface area contributed by atoms with E-state index in [1.54, 1.807) is 6.07 Å². The Kier molecular flexibility index (Phi) is 3.86. The van der Waals surface area contributed by atoms with Gasteiger partial charge in [-0.05, 0) is 66.6 Å². The SMILES string of the molecule is O=S(=O)(NCCc1ccc2ocnc2c1)c1ccc2c(c1)CCC2. The molecular formula is C18H18N2O3S. The fourth-order valence-corrected chi connectivity index (χ4v) is 4.27. The molecule has 1 N–H and O–H groups in total. The van der Waals surface area contributed by atoms with Crippen LogP contribution in [0.2, 0.25) is 0 Å². The van der Waals surface area contributed by atoms with Crippen molar-refractivity contribution in [3.05, 3.63) is 59.5 Å². The van der Waals surface area contributed by atoms with Gasteiger partial charge in [0.1, 0.15) is 5.52 Å². The molecule has 0 spiro atoms. The number of hydrogen-bond donors (Lipinski definition) is 1. The lowest BCUT2D eigenvalue weighted by Gasteiger charge is -2.08. The van der Waals surface area contributed by atoms with E-state index in [1.165, 1.54) is 12.0 Å². The van der Waals surface area contributed by atoms with Gasteiger partial charge < -0.3 is 4.42 Å². The zero-order chi connectivity index (χ0) is 16.6. The molecule has 3 aromatic rings. The van der Waals surface area contributed by atoms with Gasteiger partial charge in [-0.2, -0.15) is 0 Å². The van der Waals surface area contributed by atoms with E-state index in [2.05, 4.69) is 9.71 Å². The smallest absolute Gasteiger partial charge is 0.240 e. The number of nitrogens with one attached hydrogen (secondary N) is 1. The molecule has 0 amide bonds. The van der Waals surface area contributed by atoms with Gasteiger partial charge in [-0.3, -0.25) is 0 Å². The maximum atomic E-state index is 12.5. The van der Waals surface area contributed by atoms with E-state index in [1.807, 2.05) is 30.3 Å². The van der Waals surface area contributed by atoms with Crippen molar-refractivity contribution < 1.29 is 12.8 Å². The molecule has 124 valence electrons. The predicted molar refractivity (Wildman–Crippen MR) is 91.4 cm³/mol. The number of aryl methyl sites for hydroxylation is 2. The molecule has 1 aliphatic rings. The van der Waals surface area contributed by atoms with Crippen LogP contribution >= 0.6 is 0 Å². The number of fused-ring (bicyclic) bond motifs is 2. The molecule has 0 saturated heterocycles. The standard InChI is InChI=1S/C18H18N2O3S/c21-24(22,16-6-5-14-2-1-3-15(14)11-16)20-9-8-13-4-7-18-17(10-13)19-12-23-18/h4-7,10-12,20H,1-3,8-9H2. The number of benzene rings is 2. The Morgan fingerprint density at radius 1 is 1.08 bits per heavy atom. The third kappa shape index (κ3) is 2.95. The summed E-state index contributed by atoms with van der Waals surface area (Å²) in [6, 6.07) is 11.2. The molecular weight excluding hydrogens is 324 g/mol. The van der Waals surface area contributed by atoms with Gasteiger partial charge >= 0.3 is 0 Å². The third-order valence-electron chi connectivity index (χ3n) is 4.48. The average molecular weight is 342 g/mol. The molecule has 5 nitrogen and oxygen atoms in total. The summed E-state index contributed by atoms with van der Waals surface area (Å²) in [5, 5.41) is 0. The highest BCUT2D eigenvalue weighted by Gasteiger charge is 2.18. The molecule has 0 bridgehead atoms. The molecule has 1 heterocycles. The van der Waals surface area contributed by atoms with Crippen molar-refractivity contribution in [2.45, 2.75) is 30.6 Å². The Balaban J connectivity index is 1.44. The van der Waals surface area contributed by atoms with Crippen LogP contribution in [0.5, 0.6) is 0 Å². The maximum Gasteiger partial charge on any atom is 0.240 e. The quantitative estimate of drug-likeness (QED) is 0.774. The van der Waals surface area contributed by atoms with Crippen LogP contribution in [0.3, 0.4) is 0 Å². The highest BCUT2D eigenvalue weighted by Crippen LogP contribution is 2.24. The Hall–Kier alpha value is -2.18. The summed E-state index contributed by atoms with van der Waals surface area (Å²) < 4.78 is 32.8. The molecule has 1 aromatic heterocycles. The normalized spacial score (nSPS) is 14.2. The molecule has 0 unspecified atom stereocenters. The Labute approximate surface area is 140 Å². The number of rotatable bonds is 5. The lowest BCUT2D eigenvalue weighted by atomic mass is 10.1. The van der Waals surface area contributed by atoms with E-state index in [9.17, 15) is 8.42 Å². The highest BCUT2D eigenvalue weighted by molar-refractivity contribution is 7.89. The van der Waals surface area contributed by atoms with Gasteiger partial charge in [-0.25, -0.2) is 18.1 Å². The van der Waals surface area contributed by atoms with Gasteiger partial charge in [0.2, 0.25) is 10.0 Å². The van der Waals surface area contributed by atoms with Crippen LogP contribution in [0.25, 0.3) is 11.1 Å². The van der Waals surface area contributed by atoms with E-state index >= 15 is 0 Å². The first-order valence-electron chi connectivity index (χ1n) is 8.05. The van der Waals surface area contributed by atoms with Crippen LogP contribution in [0, 0.1) is 0 Å². The molecule has 4 rings (SSSR count). The Morgan fingerprint density at radius 2 is 1.96 bits per heavy atom. The molecule has 24 heavy (non-hydrogen) atoms. The largest absolute Gasteiger partial charge is 0.443 e. The fraction of sp³-hybridized carbons (Fsp3) is 0.278. The second-order valence-electron chi connectivity index (χ2n) is 6.09. The molecule has 0 atom stereocenters. The van der Waals surface area contributed by atoms with E-state index in [-0.39, 0.29) is 0 Å². The molecule has 6 heteroatoms. The number of aromatic nitrogens is 1. The van der Waals surface area contributed by atoms with Crippen LogP contribution in [-0.2, 0) is 29.3 Å². The summed E-state index contributed by atoms with van der Waals surface area (Å²) in [6.07, 6.45) is 5.14. The van der Waals surface area contributed by atoms with E-state index < -0.39 is 10.0 Å². The van der Waals surface area contributed by atoms with Crippen LogP contribution in [-0.4, -0.2) is 19.9 Å². The van der Waals surface area contributed by atoms with Crippen molar-refractivity contribution in [1.29, 1.82) is 0 Å². The minimum atomic E-state index is -3.47. The summed E-state index contributed by atoms with van der Waals surface area (Å²) in [5.74, 6) is 0. The van der Waals surface area contributed by atoms with E-state index in [4.69, 9.17) is 4.42 Å². The monoisotopic (exact) mass is 342 g/mol. The van der Waals surface area contributed by atoms with Crippen LogP contribution in [0.1, 0.15) is 23.1 Å². The average Bonchev–Trinajstić information content (AvgIpc) is 3.22. The molecule has 0 radical (unpaired) electrons. The first kappa shape index (κ1) is 15.4. The zero-order valence-electron chi connectivity index (χ0n) is 13.2. The van der Waals surface area contributed by atoms with Crippen molar-refractivity contribution in [2.24, 2.45) is 0 Å². The summed E-state index contributed by atoms with van der Waals surface area (Å²) in [4.78, 5) is 4.47. The summed E-state index contributed by atoms with van der Waals surface area (Å²) >= 11 is 0. The lowest BCUT2D eigenvalue weighted by molar-refractivity contribution is 0.581. The van der Waals surface area contributed by atoms with Gasteiger partial charge in [0.05, 0.1) is 4.90 Å². The van der Waals surface area contributed by atoms with Gasteiger partial charge in [0.15, 0.2) is 12.0 Å². The van der Waals surface area contributed by atoms with Gasteiger partial charge in [0, 0.05) is 6.54 Å². The first-order valence-corrected chi connectivity index (χ1v) is 9.54. The van der Waals surface area contributed by atoms with Gasteiger partial charge in [0.25, 0.3) is 0 Å². The lowest BCUT2D eigenvalue weighted by Crippen LogP contribution is -2.26. The number of hydrogen-bond acceptors (Lipinski definition) is 4. The van der Waals surface area contributed by atoms with Gasteiger partial charge in [-0.15, -0.1) is 0 Å². The van der Waals surface area contributed by atoms with E-state index in [0.717, 1.165) is 41.5 Å².